The van der Waals surface area contributed by atoms with E-state index in [-0.39, 0.29) is 12.9 Å². The number of aliphatic hydroxyl groups is 6. The summed E-state index contributed by atoms with van der Waals surface area (Å²) in [7, 11) is 0. The van der Waals surface area contributed by atoms with Gasteiger partial charge in [-0.15, -0.1) is 0 Å². The van der Waals surface area contributed by atoms with E-state index in [1.807, 2.05) is 6.08 Å². The maximum atomic E-state index is 9.90. The van der Waals surface area contributed by atoms with E-state index in [1.165, 1.54) is 11.1 Å². The molecule has 0 aliphatic rings. The SMILES string of the molecule is CC(C)=CCC/C(C)=C\CO.O=CC(O)C(O)C(O)C(O)CO. The van der Waals surface area contributed by atoms with Gasteiger partial charge in [0.15, 0.2) is 6.29 Å². The molecule has 0 spiro atoms. The molecule has 0 aromatic carbocycles. The number of carbonyl (C=O) groups excluding carboxylic acids is 1. The number of aliphatic hydroxyl groups excluding tert-OH is 6. The first kappa shape index (κ1) is 24.2. The standard InChI is InChI=1S/C10H18O.C6H12O6/c1-9(2)5-4-6-10(3)7-8-11;7-1-3(9)5(11)6(12)4(10)2-8/h5,7,11H,4,6,8H2,1-3H3;1,3-6,8-12H,2H2/b10-7-;. The summed E-state index contributed by atoms with van der Waals surface area (Å²) in [4.78, 5) is 9.90. The van der Waals surface area contributed by atoms with Crippen LogP contribution in [0.5, 0.6) is 0 Å². The zero-order valence-corrected chi connectivity index (χ0v) is 14.0. The van der Waals surface area contributed by atoms with Crippen LogP contribution >= 0.6 is 0 Å². The third-order valence-corrected chi connectivity index (χ3v) is 2.95. The highest BCUT2D eigenvalue weighted by Crippen LogP contribution is 2.05. The molecule has 0 aliphatic carbocycles. The van der Waals surface area contributed by atoms with Crippen LogP contribution in [0, 0.1) is 0 Å². The van der Waals surface area contributed by atoms with Gasteiger partial charge in [-0.25, -0.2) is 0 Å². The average molecular weight is 334 g/mol. The summed E-state index contributed by atoms with van der Waals surface area (Å²) in [5.74, 6) is 0. The Balaban J connectivity index is 0. The van der Waals surface area contributed by atoms with Gasteiger partial charge in [0.05, 0.1) is 13.2 Å². The first-order valence-electron chi connectivity index (χ1n) is 7.39. The molecule has 0 fully saturated rings. The van der Waals surface area contributed by atoms with Crippen LogP contribution in [0.2, 0.25) is 0 Å². The van der Waals surface area contributed by atoms with E-state index in [2.05, 4.69) is 26.8 Å². The normalized spacial score (nSPS) is 16.5. The molecule has 0 radical (unpaired) electrons. The Morgan fingerprint density at radius 2 is 1.52 bits per heavy atom. The van der Waals surface area contributed by atoms with Gasteiger partial charge in [-0.1, -0.05) is 23.3 Å². The smallest absolute Gasteiger partial charge is 0.151 e. The summed E-state index contributed by atoms with van der Waals surface area (Å²) >= 11 is 0. The van der Waals surface area contributed by atoms with Crippen molar-refractivity contribution in [1.82, 2.24) is 0 Å². The van der Waals surface area contributed by atoms with E-state index in [0.717, 1.165) is 12.8 Å². The highest BCUT2D eigenvalue weighted by Gasteiger charge is 2.29. The number of carbonyl (C=O) groups is 1. The van der Waals surface area contributed by atoms with Gasteiger partial charge >= 0.3 is 0 Å². The van der Waals surface area contributed by atoms with E-state index < -0.39 is 31.0 Å². The molecule has 23 heavy (non-hydrogen) atoms. The Kier molecular flexibility index (Phi) is 15.2. The summed E-state index contributed by atoms with van der Waals surface area (Å²) in [6.07, 6.45) is -0.613. The molecule has 0 saturated carbocycles. The van der Waals surface area contributed by atoms with Crippen molar-refractivity contribution in [1.29, 1.82) is 0 Å². The van der Waals surface area contributed by atoms with E-state index in [9.17, 15) is 4.79 Å². The topological polar surface area (TPSA) is 138 Å². The quantitative estimate of drug-likeness (QED) is 0.242. The fourth-order valence-electron chi connectivity index (χ4n) is 1.46. The van der Waals surface area contributed by atoms with Crippen LogP contribution in [0.15, 0.2) is 23.3 Å². The molecule has 0 saturated heterocycles. The lowest BCUT2D eigenvalue weighted by atomic mass is 10.0. The minimum Gasteiger partial charge on any atom is -0.394 e. The van der Waals surface area contributed by atoms with E-state index >= 15 is 0 Å². The molecule has 0 rings (SSSR count). The number of hydrogen-bond donors (Lipinski definition) is 6. The van der Waals surface area contributed by atoms with Crippen LogP contribution in [-0.2, 0) is 4.79 Å². The van der Waals surface area contributed by atoms with Crippen molar-refractivity contribution in [3.05, 3.63) is 23.3 Å². The van der Waals surface area contributed by atoms with Gasteiger partial charge in [0.25, 0.3) is 0 Å². The minimum absolute atomic E-state index is 0.0258. The van der Waals surface area contributed by atoms with Gasteiger partial charge in [0.1, 0.15) is 24.4 Å². The van der Waals surface area contributed by atoms with Crippen molar-refractivity contribution in [3.63, 3.8) is 0 Å². The van der Waals surface area contributed by atoms with Crippen LogP contribution in [0.25, 0.3) is 0 Å². The number of aldehydes is 1. The summed E-state index contributed by atoms with van der Waals surface area (Å²) in [5.41, 5.74) is 2.63. The largest absolute Gasteiger partial charge is 0.394 e. The predicted octanol–water partition coefficient (Wildman–Crippen LogP) is -0.707. The van der Waals surface area contributed by atoms with Gasteiger partial charge in [0, 0.05) is 0 Å². The van der Waals surface area contributed by atoms with Gasteiger partial charge in [0.2, 0.25) is 0 Å². The van der Waals surface area contributed by atoms with Crippen molar-refractivity contribution < 1.29 is 35.4 Å². The van der Waals surface area contributed by atoms with Gasteiger partial charge in [-0.3, -0.25) is 0 Å². The van der Waals surface area contributed by atoms with Crippen molar-refractivity contribution >= 4 is 6.29 Å². The molecular weight excluding hydrogens is 304 g/mol. The van der Waals surface area contributed by atoms with Crippen LogP contribution in [0.3, 0.4) is 0 Å². The zero-order chi connectivity index (χ0) is 18.4. The maximum Gasteiger partial charge on any atom is 0.151 e. The van der Waals surface area contributed by atoms with Crippen LogP contribution in [0.1, 0.15) is 33.6 Å². The lowest BCUT2D eigenvalue weighted by molar-refractivity contribution is -0.136. The summed E-state index contributed by atoms with van der Waals surface area (Å²) in [5, 5.41) is 52.1. The second kappa shape index (κ2) is 14.5. The highest BCUT2D eigenvalue weighted by molar-refractivity contribution is 5.56. The van der Waals surface area contributed by atoms with Gasteiger partial charge in [-0.05, 0) is 33.6 Å². The van der Waals surface area contributed by atoms with E-state index in [1.54, 1.807) is 0 Å². The third kappa shape index (κ3) is 13.1. The Morgan fingerprint density at radius 3 is 1.91 bits per heavy atom. The van der Waals surface area contributed by atoms with Crippen LogP contribution in [0.4, 0.5) is 0 Å². The lowest BCUT2D eigenvalue weighted by Crippen LogP contribution is -2.46. The lowest BCUT2D eigenvalue weighted by Gasteiger charge is -2.22. The molecule has 0 amide bonds. The molecule has 4 unspecified atom stereocenters. The minimum atomic E-state index is -1.79. The summed E-state index contributed by atoms with van der Waals surface area (Å²) < 4.78 is 0. The van der Waals surface area contributed by atoms with Crippen molar-refractivity contribution in [2.75, 3.05) is 13.2 Å². The number of allylic oxidation sites excluding steroid dienone is 3. The Labute approximate surface area is 137 Å². The first-order valence-corrected chi connectivity index (χ1v) is 7.39. The molecular formula is C16H30O7. The monoisotopic (exact) mass is 334 g/mol. The van der Waals surface area contributed by atoms with Gasteiger partial charge < -0.3 is 35.4 Å². The second-order valence-corrected chi connectivity index (χ2v) is 5.41. The van der Waals surface area contributed by atoms with E-state index in [0.29, 0.717) is 0 Å². The Hall–Kier alpha value is -1.09. The van der Waals surface area contributed by atoms with E-state index in [4.69, 9.17) is 30.6 Å². The molecule has 0 aromatic rings. The maximum absolute atomic E-state index is 9.90. The molecule has 0 bridgehead atoms. The van der Waals surface area contributed by atoms with Crippen molar-refractivity contribution in [3.8, 4) is 0 Å². The van der Waals surface area contributed by atoms with Crippen molar-refractivity contribution in [2.24, 2.45) is 0 Å². The van der Waals surface area contributed by atoms with Gasteiger partial charge in [-0.2, -0.15) is 0 Å². The molecule has 7 heteroatoms. The number of hydrogen-bond acceptors (Lipinski definition) is 7. The van der Waals surface area contributed by atoms with Crippen LogP contribution < -0.4 is 0 Å². The third-order valence-electron chi connectivity index (χ3n) is 2.95. The summed E-state index contributed by atoms with van der Waals surface area (Å²) in [6, 6.07) is 0. The second-order valence-electron chi connectivity index (χ2n) is 5.41. The average Bonchev–Trinajstić information content (AvgIpc) is 2.52. The molecule has 0 aromatic heterocycles. The van der Waals surface area contributed by atoms with Crippen molar-refractivity contribution in [2.45, 2.75) is 58.0 Å². The molecule has 136 valence electrons. The first-order chi connectivity index (χ1) is 10.7. The predicted molar refractivity (Wildman–Crippen MR) is 86.7 cm³/mol. The fraction of sp³-hybridized carbons (Fsp3) is 0.688. The summed E-state index contributed by atoms with van der Waals surface area (Å²) in [6.45, 7) is 5.66. The number of rotatable bonds is 9. The highest BCUT2D eigenvalue weighted by atomic mass is 16.4. The molecule has 7 nitrogen and oxygen atoms in total. The Morgan fingerprint density at radius 1 is 0.957 bits per heavy atom. The zero-order valence-electron chi connectivity index (χ0n) is 14.0. The fourth-order valence-corrected chi connectivity index (χ4v) is 1.46. The molecule has 0 heterocycles. The molecule has 6 N–H and O–H groups in total. The molecule has 0 aliphatic heterocycles. The Bertz CT molecular complexity index is 361. The molecule has 4 atom stereocenters. The van der Waals surface area contributed by atoms with Crippen LogP contribution in [-0.4, -0.2) is 74.6 Å².